The highest BCUT2D eigenvalue weighted by molar-refractivity contribution is 6.01. The zero-order valence-corrected chi connectivity index (χ0v) is 19.0. The van der Waals surface area contributed by atoms with Gasteiger partial charge in [-0.05, 0) is 63.0 Å². The number of hydrogen-bond acceptors (Lipinski definition) is 6. The molecule has 31 heavy (non-hydrogen) atoms. The number of rotatable bonds is 2. The highest BCUT2D eigenvalue weighted by atomic mass is 16.9. The number of ketones is 2. The molecule has 1 aliphatic heterocycles. The van der Waals surface area contributed by atoms with Crippen LogP contribution in [0, 0.1) is 28.6 Å². The molecule has 0 aromatic heterocycles. The molecule has 1 heterocycles. The van der Waals surface area contributed by atoms with Gasteiger partial charge in [-0.3, -0.25) is 9.59 Å². The van der Waals surface area contributed by atoms with Gasteiger partial charge in [-0.2, -0.15) is 0 Å². The zero-order valence-electron chi connectivity index (χ0n) is 19.0. The standard InChI is InChI=1S/C25H34O6/c1-5-29-24(4)30-14-20(28)25(31-24)11-9-18-17-7-6-15-12-16(26)8-10-22(15,2)21(17)19(27)13-23(18,25)3/h8,10,12,17-19,21,27H,5-7,9,11,13-14H2,1-4H3/t17?,18?,19-,21?,22-,23-,24?,25-/m0/s1. The van der Waals surface area contributed by atoms with Gasteiger partial charge >= 0.3 is 0 Å². The molecule has 170 valence electrons. The molecule has 0 amide bonds. The summed E-state index contributed by atoms with van der Waals surface area (Å²) in [4.78, 5) is 25.3. The van der Waals surface area contributed by atoms with E-state index >= 15 is 0 Å². The molecule has 6 nitrogen and oxygen atoms in total. The smallest absolute Gasteiger partial charge is 0.281 e. The summed E-state index contributed by atoms with van der Waals surface area (Å²) in [6, 6.07) is 0. The number of ether oxygens (including phenoxy) is 3. The zero-order chi connectivity index (χ0) is 22.2. The topological polar surface area (TPSA) is 82.1 Å². The Morgan fingerprint density at radius 1 is 1.23 bits per heavy atom. The second-order valence-corrected chi connectivity index (χ2v) is 10.7. The molecule has 4 unspecified atom stereocenters. The highest BCUT2D eigenvalue weighted by Crippen LogP contribution is 2.68. The quantitative estimate of drug-likeness (QED) is 0.724. The maximum atomic E-state index is 13.3. The fourth-order valence-electron chi connectivity index (χ4n) is 7.99. The van der Waals surface area contributed by atoms with Crippen LogP contribution in [0.5, 0.6) is 0 Å². The van der Waals surface area contributed by atoms with Gasteiger partial charge in [-0.25, -0.2) is 0 Å². The number of allylic oxidation sites excluding steroid dienone is 4. The van der Waals surface area contributed by atoms with Crippen molar-refractivity contribution in [1.82, 2.24) is 0 Å². The maximum Gasteiger partial charge on any atom is 0.281 e. The third-order valence-corrected chi connectivity index (χ3v) is 9.30. The van der Waals surface area contributed by atoms with Crippen molar-refractivity contribution < 1.29 is 28.9 Å². The van der Waals surface area contributed by atoms with Crippen LogP contribution in [-0.4, -0.2) is 47.6 Å². The molecule has 3 saturated carbocycles. The Morgan fingerprint density at radius 3 is 2.74 bits per heavy atom. The Labute approximate surface area is 184 Å². The van der Waals surface area contributed by atoms with Gasteiger partial charge in [0.05, 0.1) is 6.10 Å². The predicted molar refractivity (Wildman–Crippen MR) is 113 cm³/mol. The number of hydrogen-bond donors (Lipinski definition) is 1. The van der Waals surface area contributed by atoms with Gasteiger partial charge in [0.15, 0.2) is 11.6 Å². The first-order valence-electron chi connectivity index (χ1n) is 11.7. The van der Waals surface area contributed by atoms with E-state index in [4.69, 9.17) is 14.2 Å². The van der Waals surface area contributed by atoms with Crippen molar-refractivity contribution in [2.75, 3.05) is 13.2 Å². The summed E-state index contributed by atoms with van der Waals surface area (Å²) in [6.45, 7) is 8.31. The van der Waals surface area contributed by atoms with Crippen LogP contribution in [-0.2, 0) is 23.8 Å². The van der Waals surface area contributed by atoms with Crippen LogP contribution < -0.4 is 0 Å². The average molecular weight is 431 g/mol. The van der Waals surface area contributed by atoms with E-state index in [1.54, 1.807) is 19.1 Å². The number of aliphatic hydroxyl groups excluding tert-OH is 1. The molecule has 0 radical (unpaired) electrons. The van der Waals surface area contributed by atoms with E-state index in [2.05, 4.69) is 13.8 Å². The lowest BCUT2D eigenvalue weighted by Crippen LogP contribution is -2.67. The number of Topliss-reactive ketones (excluding diaryl/α,β-unsaturated/α-hetero) is 1. The molecular weight excluding hydrogens is 396 g/mol. The lowest BCUT2D eigenvalue weighted by atomic mass is 9.46. The Bertz CT molecular complexity index is 877. The SMILES string of the molecule is CCOC1(C)OCC(=O)[C@]2(CCC3C4CCC5=CC(=O)C=C[C@]5(C)C4[C@@H](O)C[C@@]32C)O1. The van der Waals surface area contributed by atoms with Crippen molar-refractivity contribution in [3.05, 3.63) is 23.8 Å². The van der Waals surface area contributed by atoms with Crippen LogP contribution >= 0.6 is 0 Å². The molecule has 0 aromatic rings. The lowest BCUT2D eigenvalue weighted by Gasteiger charge is -2.61. The minimum absolute atomic E-state index is 0.0293. The monoisotopic (exact) mass is 430 g/mol. The summed E-state index contributed by atoms with van der Waals surface area (Å²) in [6.07, 6.45) is 8.65. The number of carbonyl (C=O) groups excluding carboxylic acids is 2. The van der Waals surface area contributed by atoms with Crippen LogP contribution in [0.15, 0.2) is 23.8 Å². The van der Waals surface area contributed by atoms with Crippen LogP contribution in [0.25, 0.3) is 0 Å². The molecule has 1 saturated heterocycles. The summed E-state index contributed by atoms with van der Waals surface area (Å²) >= 11 is 0. The van der Waals surface area contributed by atoms with E-state index in [0.717, 1.165) is 24.8 Å². The molecular formula is C25H34O6. The van der Waals surface area contributed by atoms with Crippen molar-refractivity contribution in [3.63, 3.8) is 0 Å². The molecule has 5 rings (SSSR count). The molecule has 4 aliphatic carbocycles. The van der Waals surface area contributed by atoms with Gasteiger partial charge in [0.2, 0.25) is 0 Å². The van der Waals surface area contributed by atoms with Crippen molar-refractivity contribution in [2.45, 2.75) is 77.5 Å². The average Bonchev–Trinajstić information content (AvgIpc) is 2.98. The first-order chi connectivity index (χ1) is 14.6. The summed E-state index contributed by atoms with van der Waals surface area (Å²) in [5.41, 5.74) is -0.660. The van der Waals surface area contributed by atoms with Crippen molar-refractivity contribution in [2.24, 2.45) is 28.6 Å². The van der Waals surface area contributed by atoms with Crippen LogP contribution in [0.3, 0.4) is 0 Å². The fourth-order valence-corrected chi connectivity index (χ4v) is 7.99. The molecule has 8 atom stereocenters. The van der Waals surface area contributed by atoms with E-state index in [9.17, 15) is 14.7 Å². The minimum Gasteiger partial charge on any atom is -0.393 e. The second kappa shape index (κ2) is 6.83. The predicted octanol–water partition coefficient (Wildman–Crippen LogP) is 3.33. The molecule has 6 heteroatoms. The van der Waals surface area contributed by atoms with Crippen LogP contribution in [0.1, 0.15) is 59.8 Å². The third kappa shape index (κ3) is 2.78. The number of fused-ring (bicyclic) bond motifs is 6. The Kier molecular flexibility index (Phi) is 4.74. The lowest BCUT2D eigenvalue weighted by molar-refractivity contribution is -0.420. The third-order valence-electron chi connectivity index (χ3n) is 9.30. The van der Waals surface area contributed by atoms with Crippen molar-refractivity contribution in [3.8, 4) is 0 Å². The molecule has 0 bridgehead atoms. The van der Waals surface area contributed by atoms with Gasteiger partial charge in [0.1, 0.15) is 12.2 Å². The minimum atomic E-state index is -1.25. The highest BCUT2D eigenvalue weighted by Gasteiger charge is 2.71. The summed E-state index contributed by atoms with van der Waals surface area (Å²) in [7, 11) is 0. The maximum absolute atomic E-state index is 13.3. The molecule has 0 aromatic carbocycles. The van der Waals surface area contributed by atoms with Gasteiger partial charge in [-0.1, -0.05) is 25.5 Å². The van der Waals surface area contributed by atoms with Gasteiger partial charge in [-0.15, -0.1) is 0 Å². The molecule has 1 spiro atoms. The van der Waals surface area contributed by atoms with E-state index in [0.29, 0.717) is 19.4 Å². The first-order valence-corrected chi connectivity index (χ1v) is 11.7. The molecule has 1 N–H and O–H groups in total. The van der Waals surface area contributed by atoms with E-state index in [-0.39, 0.29) is 41.3 Å². The van der Waals surface area contributed by atoms with E-state index < -0.39 is 23.1 Å². The second-order valence-electron chi connectivity index (χ2n) is 10.7. The molecule has 4 fully saturated rings. The normalized spacial score (nSPS) is 51.3. The van der Waals surface area contributed by atoms with E-state index in [1.807, 2.05) is 13.0 Å². The van der Waals surface area contributed by atoms with Crippen molar-refractivity contribution in [1.29, 1.82) is 0 Å². The Hall–Kier alpha value is -1.34. The van der Waals surface area contributed by atoms with Crippen LogP contribution in [0.4, 0.5) is 0 Å². The Balaban J connectivity index is 1.53. The number of aliphatic hydroxyl groups is 1. The van der Waals surface area contributed by atoms with Gasteiger partial charge < -0.3 is 19.3 Å². The first kappa shape index (κ1) is 21.5. The molecule has 5 aliphatic rings. The Morgan fingerprint density at radius 2 is 2.00 bits per heavy atom. The van der Waals surface area contributed by atoms with Gasteiger partial charge in [0, 0.05) is 30.3 Å². The summed E-state index contributed by atoms with van der Waals surface area (Å²) < 4.78 is 17.9. The summed E-state index contributed by atoms with van der Waals surface area (Å²) in [5.74, 6) is -0.672. The largest absolute Gasteiger partial charge is 0.393 e. The van der Waals surface area contributed by atoms with E-state index in [1.165, 1.54) is 0 Å². The van der Waals surface area contributed by atoms with Crippen molar-refractivity contribution >= 4 is 11.6 Å². The fraction of sp³-hybridized carbons (Fsp3) is 0.760. The van der Waals surface area contributed by atoms with Gasteiger partial charge in [0.25, 0.3) is 5.97 Å². The summed E-state index contributed by atoms with van der Waals surface area (Å²) in [5, 5.41) is 11.5. The van der Waals surface area contributed by atoms with Crippen LogP contribution in [0.2, 0.25) is 0 Å². The number of carbonyl (C=O) groups is 2.